The number of anilines is 1. The number of aromatic nitrogens is 2. The lowest BCUT2D eigenvalue weighted by Crippen LogP contribution is -2.33. The first-order valence-electron chi connectivity index (χ1n) is 8.24. The van der Waals surface area contributed by atoms with Crippen LogP contribution in [0.1, 0.15) is 18.4 Å². The van der Waals surface area contributed by atoms with E-state index in [9.17, 15) is 0 Å². The average Bonchev–Trinajstić information content (AvgIpc) is 3.16. The summed E-state index contributed by atoms with van der Waals surface area (Å²) in [4.78, 5) is 10.9. The summed E-state index contributed by atoms with van der Waals surface area (Å²) in [7, 11) is 0. The van der Waals surface area contributed by atoms with Crippen molar-refractivity contribution >= 4 is 5.82 Å². The summed E-state index contributed by atoms with van der Waals surface area (Å²) in [6.07, 6.45) is 7.32. The maximum Gasteiger partial charge on any atom is 0.144 e. The highest BCUT2D eigenvalue weighted by atomic mass is 16.5. The molecule has 2 fully saturated rings. The van der Waals surface area contributed by atoms with E-state index in [1.807, 2.05) is 0 Å². The van der Waals surface area contributed by atoms with Crippen LogP contribution in [0.25, 0.3) is 0 Å². The summed E-state index contributed by atoms with van der Waals surface area (Å²) < 4.78 is 6.20. The number of hydrogen-bond donors (Lipinski definition) is 1. The van der Waals surface area contributed by atoms with Crippen molar-refractivity contribution in [2.24, 2.45) is 0 Å². The Hall–Kier alpha value is -1.98. The molecule has 5 heteroatoms. The van der Waals surface area contributed by atoms with Gasteiger partial charge in [-0.25, -0.2) is 4.98 Å². The molecule has 2 saturated heterocycles. The van der Waals surface area contributed by atoms with Crippen molar-refractivity contribution < 1.29 is 4.74 Å². The molecular formula is C18H22N4O. The molecule has 2 aromatic rings. The molecule has 0 radical (unpaired) electrons. The summed E-state index contributed by atoms with van der Waals surface area (Å²) in [6.45, 7) is 3.87. The Kier molecular flexibility index (Phi) is 3.97. The molecule has 0 aliphatic carbocycles. The topological polar surface area (TPSA) is 50.3 Å². The summed E-state index contributed by atoms with van der Waals surface area (Å²) in [5.41, 5.74) is 1.38. The van der Waals surface area contributed by atoms with Crippen molar-refractivity contribution in [2.75, 3.05) is 25.0 Å². The molecule has 0 amide bonds. The Morgan fingerprint density at radius 1 is 1.26 bits per heavy atom. The van der Waals surface area contributed by atoms with Gasteiger partial charge in [0.15, 0.2) is 0 Å². The monoisotopic (exact) mass is 310 g/mol. The zero-order chi connectivity index (χ0) is 15.5. The molecule has 3 heterocycles. The van der Waals surface area contributed by atoms with Gasteiger partial charge in [0, 0.05) is 38.4 Å². The number of likely N-dealkylation sites (tertiary alicyclic amines) is 1. The van der Waals surface area contributed by atoms with Crippen molar-refractivity contribution in [1.82, 2.24) is 14.9 Å². The zero-order valence-electron chi connectivity index (χ0n) is 13.2. The van der Waals surface area contributed by atoms with E-state index >= 15 is 0 Å². The standard InChI is InChI=1S/C18H22N4O/c1-2-4-15(5-3-1)12-22-9-6-18(14-22)10-16(13-23-18)21-17-11-19-7-8-20-17/h1-5,7-8,11,16H,6,9-10,12-14H2,(H,20,21)/t16-,18-/m0/s1. The highest BCUT2D eigenvalue weighted by Gasteiger charge is 2.45. The molecule has 120 valence electrons. The van der Waals surface area contributed by atoms with Crippen LogP contribution in [0.4, 0.5) is 5.82 Å². The van der Waals surface area contributed by atoms with Gasteiger partial charge in [-0.1, -0.05) is 30.3 Å². The predicted octanol–water partition coefficient (Wildman–Crippen LogP) is 2.32. The Morgan fingerprint density at radius 2 is 2.17 bits per heavy atom. The molecule has 2 aliphatic rings. The normalized spacial score (nSPS) is 27.6. The third-order valence-corrected chi connectivity index (χ3v) is 4.77. The molecule has 0 bridgehead atoms. The molecule has 2 aliphatic heterocycles. The first kappa shape index (κ1) is 14.6. The number of rotatable bonds is 4. The van der Waals surface area contributed by atoms with Gasteiger partial charge >= 0.3 is 0 Å². The maximum absolute atomic E-state index is 6.20. The number of benzene rings is 1. The molecule has 5 nitrogen and oxygen atoms in total. The van der Waals surface area contributed by atoms with Crippen LogP contribution in [-0.2, 0) is 11.3 Å². The van der Waals surface area contributed by atoms with Crippen molar-refractivity contribution in [3.63, 3.8) is 0 Å². The number of nitrogens with one attached hydrogen (secondary N) is 1. The van der Waals surface area contributed by atoms with Crippen LogP contribution in [0.3, 0.4) is 0 Å². The van der Waals surface area contributed by atoms with Crippen molar-refractivity contribution in [3.8, 4) is 0 Å². The van der Waals surface area contributed by atoms with E-state index in [0.29, 0.717) is 6.04 Å². The first-order chi connectivity index (χ1) is 11.3. The van der Waals surface area contributed by atoms with Crippen LogP contribution in [0, 0.1) is 0 Å². The van der Waals surface area contributed by atoms with Gasteiger partial charge in [0.2, 0.25) is 0 Å². The quantitative estimate of drug-likeness (QED) is 0.939. The summed E-state index contributed by atoms with van der Waals surface area (Å²) >= 11 is 0. The fourth-order valence-corrected chi connectivity index (χ4v) is 3.71. The summed E-state index contributed by atoms with van der Waals surface area (Å²) in [5.74, 6) is 0.831. The highest BCUT2D eigenvalue weighted by Crippen LogP contribution is 2.36. The van der Waals surface area contributed by atoms with E-state index in [4.69, 9.17) is 4.74 Å². The van der Waals surface area contributed by atoms with Crippen LogP contribution >= 0.6 is 0 Å². The van der Waals surface area contributed by atoms with Crippen LogP contribution < -0.4 is 5.32 Å². The minimum atomic E-state index is 0.00859. The molecule has 2 atom stereocenters. The van der Waals surface area contributed by atoms with Gasteiger partial charge in [-0.3, -0.25) is 9.88 Å². The molecule has 1 spiro atoms. The second-order valence-corrected chi connectivity index (χ2v) is 6.58. The first-order valence-corrected chi connectivity index (χ1v) is 8.24. The minimum Gasteiger partial charge on any atom is -0.371 e. The third kappa shape index (κ3) is 3.35. The molecule has 0 unspecified atom stereocenters. The van der Waals surface area contributed by atoms with E-state index in [0.717, 1.165) is 44.9 Å². The largest absolute Gasteiger partial charge is 0.371 e. The van der Waals surface area contributed by atoms with Crippen molar-refractivity contribution in [2.45, 2.75) is 31.0 Å². The Labute approximate surface area is 136 Å². The van der Waals surface area contributed by atoms with Gasteiger partial charge in [0.25, 0.3) is 0 Å². The van der Waals surface area contributed by atoms with Crippen LogP contribution in [0.15, 0.2) is 48.9 Å². The molecule has 23 heavy (non-hydrogen) atoms. The van der Waals surface area contributed by atoms with Gasteiger partial charge in [-0.15, -0.1) is 0 Å². The van der Waals surface area contributed by atoms with E-state index in [2.05, 4.69) is 50.5 Å². The van der Waals surface area contributed by atoms with Crippen LogP contribution in [-0.4, -0.2) is 46.2 Å². The van der Waals surface area contributed by atoms with E-state index in [-0.39, 0.29) is 5.60 Å². The summed E-state index contributed by atoms with van der Waals surface area (Å²) in [6, 6.07) is 11.0. The van der Waals surface area contributed by atoms with Crippen molar-refractivity contribution in [3.05, 3.63) is 54.5 Å². The zero-order valence-corrected chi connectivity index (χ0v) is 13.2. The Bertz CT molecular complexity index is 576. The van der Waals surface area contributed by atoms with Gasteiger partial charge in [0.05, 0.1) is 24.4 Å². The molecule has 1 aromatic carbocycles. The van der Waals surface area contributed by atoms with Crippen molar-refractivity contribution in [1.29, 1.82) is 0 Å². The number of hydrogen-bond acceptors (Lipinski definition) is 5. The van der Waals surface area contributed by atoms with Crippen LogP contribution in [0.2, 0.25) is 0 Å². The fourth-order valence-electron chi connectivity index (χ4n) is 3.71. The number of nitrogens with zero attached hydrogens (tertiary/aromatic N) is 3. The van der Waals surface area contributed by atoms with Gasteiger partial charge in [-0.2, -0.15) is 0 Å². The average molecular weight is 310 g/mol. The molecule has 0 saturated carbocycles. The lowest BCUT2D eigenvalue weighted by atomic mass is 9.97. The lowest BCUT2D eigenvalue weighted by molar-refractivity contribution is 0.0120. The fraction of sp³-hybridized carbons (Fsp3) is 0.444. The smallest absolute Gasteiger partial charge is 0.144 e. The second-order valence-electron chi connectivity index (χ2n) is 6.58. The predicted molar refractivity (Wildman–Crippen MR) is 89.1 cm³/mol. The van der Waals surface area contributed by atoms with E-state index in [1.165, 1.54) is 5.56 Å². The molecule has 1 aromatic heterocycles. The van der Waals surface area contributed by atoms with E-state index < -0.39 is 0 Å². The van der Waals surface area contributed by atoms with Gasteiger partial charge in [0.1, 0.15) is 5.82 Å². The number of ether oxygens (including phenoxy) is 1. The highest BCUT2D eigenvalue weighted by molar-refractivity contribution is 5.32. The third-order valence-electron chi connectivity index (χ3n) is 4.77. The Balaban J connectivity index is 1.34. The second kappa shape index (κ2) is 6.26. The lowest BCUT2D eigenvalue weighted by Gasteiger charge is -2.23. The van der Waals surface area contributed by atoms with Gasteiger partial charge < -0.3 is 10.1 Å². The maximum atomic E-state index is 6.20. The summed E-state index contributed by atoms with van der Waals surface area (Å²) in [5, 5.41) is 3.44. The Morgan fingerprint density at radius 3 is 3.00 bits per heavy atom. The SMILES string of the molecule is c1ccc(CN2CC[C@]3(C[C@H](Nc4cnccn4)CO3)C2)cc1. The molecule has 4 rings (SSSR count). The molecule has 1 N–H and O–H groups in total. The van der Waals surface area contributed by atoms with Gasteiger partial charge in [-0.05, 0) is 12.0 Å². The van der Waals surface area contributed by atoms with E-state index in [1.54, 1.807) is 18.6 Å². The van der Waals surface area contributed by atoms with Crippen LogP contribution in [0.5, 0.6) is 0 Å². The minimum absolute atomic E-state index is 0.00859. The molecular weight excluding hydrogens is 288 g/mol.